The number of hydrogen-bond donors (Lipinski definition) is 1. The molecule has 0 saturated carbocycles. The predicted octanol–water partition coefficient (Wildman–Crippen LogP) is 3.85. The Hall–Kier alpha value is -1.87. The molecule has 3 rings (SSSR count). The fourth-order valence-corrected chi connectivity index (χ4v) is 2.83. The van der Waals surface area contributed by atoms with Crippen molar-refractivity contribution in [3.63, 3.8) is 0 Å². The minimum Gasteiger partial charge on any atom is -0.491 e. The van der Waals surface area contributed by atoms with E-state index in [1.165, 1.54) is 23.3 Å². The van der Waals surface area contributed by atoms with Crippen molar-refractivity contribution in [3.8, 4) is 5.75 Å². The molecule has 21 heavy (non-hydrogen) atoms. The van der Waals surface area contributed by atoms with Crippen LogP contribution in [0.2, 0.25) is 0 Å². The highest BCUT2D eigenvalue weighted by atomic mass is 19.1. The molecule has 1 unspecified atom stereocenters. The van der Waals surface area contributed by atoms with Gasteiger partial charge < -0.3 is 10.1 Å². The second kappa shape index (κ2) is 5.86. The lowest BCUT2D eigenvalue weighted by atomic mass is 9.89. The quantitative estimate of drug-likeness (QED) is 0.925. The van der Waals surface area contributed by atoms with E-state index in [9.17, 15) is 4.39 Å². The summed E-state index contributed by atoms with van der Waals surface area (Å²) in [5, 5.41) is 3.51. The lowest BCUT2D eigenvalue weighted by Gasteiger charge is -2.28. The van der Waals surface area contributed by atoms with Crippen LogP contribution in [-0.4, -0.2) is 12.6 Å². The molecule has 3 heteroatoms. The molecule has 0 radical (unpaired) electrons. The highest BCUT2D eigenvalue weighted by molar-refractivity contribution is 5.44. The molecule has 1 N–H and O–H groups in total. The molecule has 2 aromatic carbocycles. The molecule has 1 aliphatic rings. The maximum Gasteiger partial charge on any atom is 0.123 e. The summed E-state index contributed by atoms with van der Waals surface area (Å²) in [6, 6.07) is 13.1. The van der Waals surface area contributed by atoms with Crippen LogP contribution in [0.3, 0.4) is 0 Å². The van der Waals surface area contributed by atoms with Gasteiger partial charge in [-0.3, -0.25) is 0 Å². The predicted molar refractivity (Wildman–Crippen MR) is 82.2 cm³/mol. The number of hydrogen-bond acceptors (Lipinski definition) is 2. The first kappa shape index (κ1) is 14.1. The molecule has 0 amide bonds. The van der Waals surface area contributed by atoms with Crippen molar-refractivity contribution >= 4 is 0 Å². The van der Waals surface area contributed by atoms with Crippen LogP contribution < -0.4 is 10.1 Å². The molecule has 2 nitrogen and oxygen atoms in total. The first-order chi connectivity index (χ1) is 10.1. The van der Waals surface area contributed by atoms with Crippen molar-refractivity contribution in [2.75, 3.05) is 6.54 Å². The molecule has 0 aromatic heterocycles. The third-order valence-corrected chi connectivity index (χ3v) is 3.75. The SMILES string of the molecule is CC(C)Oc1ccc2c(c1)C(c1ccc(F)cc1)NCC2. The van der Waals surface area contributed by atoms with Gasteiger partial charge in [0.05, 0.1) is 12.1 Å². The van der Waals surface area contributed by atoms with Crippen molar-refractivity contribution in [2.24, 2.45) is 0 Å². The first-order valence-corrected chi connectivity index (χ1v) is 7.42. The molecule has 1 aliphatic heterocycles. The Morgan fingerprint density at radius 2 is 1.90 bits per heavy atom. The molecule has 0 aliphatic carbocycles. The van der Waals surface area contributed by atoms with Crippen LogP contribution in [0.25, 0.3) is 0 Å². The fourth-order valence-electron chi connectivity index (χ4n) is 2.83. The summed E-state index contributed by atoms with van der Waals surface area (Å²) in [6.07, 6.45) is 1.17. The van der Waals surface area contributed by atoms with Gasteiger partial charge in [0.15, 0.2) is 0 Å². The second-order valence-corrected chi connectivity index (χ2v) is 5.72. The normalized spacial score (nSPS) is 17.6. The molecule has 0 fully saturated rings. The summed E-state index contributed by atoms with van der Waals surface area (Å²) in [6.45, 7) is 4.98. The monoisotopic (exact) mass is 285 g/mol. The molecule has 0 spiro atoms. The number of rotatable bonds is 3. The lowest BCUT2D eigenvalue weighted by Crippen LogP contribution is -2.30. The molecule has 110 valence electrons. The highest BCUT2D eigenvalue weighted by Gasteiger charge is 2.22. The molecular weight excluding hydrogens is 265 g/mol. The zero-order valence-electron chi connectivity index (χ0n) is 12.4. The third-order valence-electron chi connectivity index (χ3n) is 3.75. The van der Waals surface area contributed by atoms with Crippen LogP contribution in [0.15, 0.2) is 42.5 Å². The molecule has 2 aromatic rings. The minimum absolute atomic E-state index is 0.102. The van der Waals surface area contributed by atoms with E-state index in [2.05, 4.69) is 17.4 Å². The van der Waals surface area contributed by atoms with E-state index in [4.69, 9.17) is 4.74 Å². The van der Waals surface area contributed by atoms with Gasteiger partial charge in [-0.05, 0) is 61.2 Å². The van der Waals surface area contributed by atoms with Gasteiger partial charge in [0.2, 0.25) is 0 Å². The standard InChI is InChI=1S/C18H20FNO/c1-12(2)21-16-8-5-13-9-10-20-18(17(13)11-16)14-3-6-15(19)7-4-14/h3-8,11-12,18,20H,9-10H2,1-2H3. The Bertz CT molecular complexity index is 622. The summed E-state index contributed by atoms with van der Waals surface area (Å²) in [7, 11) is 0. The van der Waals surface area contributed by atoms with E-state index < -0.39 is 0 Å². The summed E-state index contributed by atoms with van der Waals surface area (Å²) < 4.78 is 18.9. The largest absolute Gasteiger partial charge is 0.491 e. The van der Waals surface area contributed by atoms with Gasteiger partial charge in [-0.1, -0.05) is 18.2 Å². The molecule has 1 atom stereocenters. The van der Waals surface area contributed by atoms with Crippen LogP contribution in [0, 0.1) is 5.82 Å². The summed E-state index contributed by atoms with van der Waals surface area (Å²) in [5.74, 6) is 0.686. The highest BCUT2D eigenvalue weighted by Crippen LogP contribution is 2.31. The zero-order valence-corrected chi connectivity index (χ0v) is 12.4. The smallest absolute Gasteiger partial charge is 0.123 e. The van der Waals surface area contributed by atoms with E-state index in [1.54, 1.807) is 0 Å². The average Bonchev–Trinajstić information content (AvgIpc) is 2.47. The Morgan fingerprint density at radius 3 is 2.62 bits per heavy atom. The van der Waals surface area contributed by atoms with Gasteiger partial charge in [0, 0.05) is 6.54 Å². The Morgan fingerprint density at radius 1 is 1.14 bits per heavy atom. The van der Waals surface area contributed by atoms with Gasteiger partial charge in [0.25, 0.3) is 0 Å². The first-order valence-electron chi connectivity index (χ1n) is 7.42. The average molecular weight is 285 g/mol. The van der Waals surface area contributed by atoms with Crippen LogP contribution >= 0.6 is 0 Å². The summed E-state index contributed by atoms with van der Waals surface area (Å²) in [4.78, 5) is 0. The van der Waals surface area contributed by atoms with Crippen molar-refractivity contribution < 1.29 is 9.13 Å². The number of nitrogens with one attached hydrogen (secondary N) is 1. The van der Waals surface area contributed by atoms with E-state index in [1.807, 2.05) is 32.0 Å². The van der Waals surface area contributed by atoms with E-state index in [-0.39, 0.29) is 18.0 Å². The van der Waals surface area contributed by atoms with Crippen LogP contribution in [0.4, 0.5) is 4.39 Å². The van der Waals surface area contributed by atoms with E-state index in [0.29, 0.717) is 0 Å². The van der Waals surface area contributed by atoms with E-state index in [0.717, 1.165) is 24.3 Å². The zero-order chi connectivity index (χ0) is 14.8. The topological polar surface area (TPSA) is 21.3 Å². The second-order valence-electron chi connectivity index (χ2n) is 5.72. The van der Waals surface area contributed by atoms with Crippen LogP contribution in [0.5, 0.6) is 5.75 Å². The van der Waals surface area contributed by atoms with Gasteiger partial charge in [-0.2, -0.15) is 0 Å². The lowest BCUT2D eigenvalue weighted by molar-refractivity contribution is 0.242. The van der Waals surface area contributed by atoms with E-state index >= 15 is 0 Å². The third kappa shape index (κ3) is 3.08. The van der Waals surface area contributed by atoms with Crippen LogP contribution in [-0.2, 0) is 6.42 Å². The molecule has 0 saturated heterocycles. The molecule has 0 bridgehead atoms. The van der Waals surface area contributed by atoms with Crippen molar-refractivity contribution in [3.05, 3.63) is 65.0 Å². The Balaban J connectivity index is 1.97. The molecular formula is C18H20FNO. The van der Waals surface area contributed by atoms with Crippen molar-refractivity contribution in [1.29, 1.82) is 0 Å². The van der Waals surface area contributed by atoms with Gasteiger partial charge >= 0.3 is 0 Å². The van der Waals surface area contributed by atoms with Crippen molar-refractivity contribution in [1.82, 2.24) is 5.32 Å². The summed E-state index contributed by atoms with van der Waals surface area (Å²) >= 11 is 0. The minimum atomic E-state index is -0.202. The summed E-state index contributed by atoms with van der Waals surface area (Å²) in [5.41, 5.74) is 3.64. The number of halogens is 1. The van der Waals surface area contributed by atoms with Gasteiger partial charge in [-0.15, -0.1) is 0 Å². The maximum atomic E-state index is 13.1. The van der Waals surface area contributed by atoms with Gasteiger partial charge in [-0.25, -0.2) is 4.39 Å². The fraction of sp³-hybridized carbons (Fsp3) is 0.333. The Labute approximate surface area is 125 Å². The molecule has 1 heterocycles. The Kier molecular flexibility index (Phi) is 3.93. The number of ether oxygens (including phenoxy) is 1. The van der Waals surface area contributed by atoms with Crippen LogP contribution in [0.1, 0.15) is 36.6 Å². The van der Waals surface area contributed by atoms with Crippen molar-refractivity contribution in [2.45, 2.75) is 32.4 Å². The van der Waals surface area contributed by atoms with Gasteiger partial charge in [0.1, 0.15) is 11.6 Å². The number of benzene rings is 2. The maximum absolute atomic E-state index is 13.1. The number of fused-ring (bicyclic) bond motifs is 1.